The second kappa shape index (κ2) is 7.41. The molecule has 1 amide bonds. The first-order valence-corrected chi connectivity index (χ1v) is 7.34. The molecule has 0 radical (unpaired) electrons. The summed E-state index contributed by atoms with van der Waals surface area (Å²) in [5.74, 6) is 0.318. The van der Waals surface area contributed by atoms with Crippen LogP contribution in [0.25, 0.3) is 0 Å². The van der Waals surface area contributed by atoms with E-state index in [1.54, 1.807) is 18.3 Å². The van der Waals surface area contributed by atoms with Gasteiger partial charge in [0.1, 0.15) is 5.69 Å². The van der Waals surface area contributed by atoms with Crippen molar-refractivity contribution in [3.8, 4) is 5.88 Å². The van der Waals surface area contributed by atoms with Gasteiger partial charge in [0.05, 0.1) is 6.10 Å². The van der Waals surface area contributed by atoms with Crippen LogP contribution in [0.15, 0.2) is 18.3 Å². The summed E-state index contributed by atoms with van der Waals surface area (Å²) >= 11 is 0. The molecule has 1 atom stereocenters. The largest absolute Gasteiger partial charge is 0.473 e. The number of carbonyl (C=O) groups is 1. The van der Waals surface area contributed by atoms with Crippen molar-refractivity contribution in [3.05, 3.63) is 18.3 Å². The lowest BCUT2D eigenvalue weighted by atomic mass is 9.87. The smallest absolute Gasteiger partial charge is 0.238 e. The minimum absolute atomic E-state index is 0.00120. The minimum atomic E-state index is -0.156. The second-order valence-electron chi connectivity index (χ2n) is 6.80. The summed E-state index contributed by atoms with van der Waals surface area (Å²) < 4.78 is 5.57. The Balaban J connectivity index is 2.63. The maximum absolute atomic E-state index is 12.1. The van der Waals surface area contributed by atoms with Crippen molar-refractivity contribution >= 4 is 11.6 Å². The Hall–Kier alpha value is -1.62. The fourth-order valence-electron chi connectivity index (χ4n) is 2.10. The summed E-state index contributed by atoms with van der Waals surface area (Å²) in [5.41, 5.74) is 6.72. The van der Waals surface area contributed by atoms with Crippen molar-refractivity contribution in [2.24, 2.45) is 11.1 Å². The van der Waals surface area contributed by atoms with E-state index < -0.39 is 0 Å². The molecule has 5 heteroatoms. The fraction of sp³-hybridized carbons (Fsp3) is 0.625. The van der Waals surface area contributed by atoms with Crippen molar-refractivity contribution in [1.82, 2.24) is 4.98 Å². The Bertz CT molecular complexity index is 467. The minimum Gasteiger partial charge on any atom is -0.473 e. The number of nitrogens with two attached hydrogens (primary N) is 1. The summed E-state index contributed by atoms with van der Waals surface area (Å²) in [6, 6.07) is 3.38. The number of nitrogens with zero attached hydrogens (tertiary/aromatic N) is 1. The first-order valence-electron chi connectivity index (χ1n) is 7.34. The van der Waals surface area contributed by atoms with Gasteiger partial charge in [-0.3, -0.25) is 4.79 Å². The van der Waals surface area contributed by atoms with E-state index in [9.17, 15) is 4.79 Å². The molecule has 1 aromatic rings. The molecule has 3 N–H and O–H groups in total. The molecule has 0 spiro atoms. The zero-order valence-electron chi connectivity index (χ0n) is 13.6. The summed E-state index contributed by atoms with van der Waals surface area (Å²) in [6.07, 6.45) is 2.72. The van der Waals surface area contributed by atoms with Gasteiger partial charge in [-0.15, -0.1) is 0 Å². The monoisotopic (exact) mass is 293 g/mol. The molecular weight excluding hydrogens is 266 g/mol. The van der Waals surface area contributed by atoms with E-state index in [1.807, 2.05) is 13.8 Å². The number of ether oxygens (including phenoxy) is 1. The van der Waals surface area contributed by atoms with Crippen LogP contribution in [-0.2, 0) is 4.79 Å². The highest BCUT2D eigenvalue weighted by molar-refractivity contribution is 5.92. The maximum Gasteiger partial charge on any atom is 0.238 e. The first-order chi connectivity index (χ1) is 9.67. The van der Waals surface area contributed by atoms with Crippen molar-refractivity contribution in [3.63, 3.8) is 0 Å². The highest BCUT2D eigenvalue weighted by atomic mass is 16.5. The lowest BCUT2D eigenvalue weighted by Gasteiger charge is -2.22. The molecule has 0 fully saturated rings. The zero-order valence-corrected chi connectivity index (χ0v) is 13.6. The van der Waals surface area contributed by atoms with Crippen molar-refractivity contribution in [2.75, 3.05) is 5.32 Å². The summed E-state index contributed by atoms with van der Waals surface area (Å²) in [5, 5.41) is 2.83. The molecule has 0 aromatic carbocycles. The molecule has 1 unspecified atom stereocenters. The van der Waals surface area contributed by atoms with E-state index in [-0.39, 0.29) is 29.9 Å². The molecule has 1 heterocycles. The Morgan fingerprint density at radius 2 is 2.10 bits per heavy atom. The van der Waals surface area contributed by atoms with Crippen LogP contribution < -0.4 is 15.8 Å². The normalized spacial score (nSPS) is 13.1. The van der Waals surface area contributed by atoms with E-state index in [0.717, 1.165) is 6.42 Å². The van der Waals surface area contributed by atoms with Gasteiger partial charge in [-0.1, -0.05) is 20.8 Å². The molecule has 0 saturated heterocycles. The number of aromatic nitrogens is 1. The van der Waals surface area contributed by atoms with Gasteiger partial charge in [-0.25, -0.2) is 4.98 Å². The third-order valence-corrected chi connectivity index (χ3v) is 2.71. The number of amides is 1. The molecule has 21 heavy (non-hydrogen) atoms. The van der Waals surface area contributed by atoms with Gasteiger partial charge in [0, 0.05) is 18.7 Å². The number of hydrogen-bond donors (Lipinski definition) is 2. The number of anilines is 1. The molecule has 1 aromatic heterocycles. The van der Waals surface area contributed by atoms with Crippen LogP contribution in [0.4, 0.5) is 5.69 Å². The van der Waals surface area contributed by atoms with Gasteiger partial charge in [-0.05, 0) is 37.8 Å². The van der Waals surface area contributed by atoms with E-state index in [2.05, 4.69) is 31.1 Å². The highest BCUT2D eigenvalue weighted by Crippen LogP contribution is 2.23. The average molecular weight is 293 g/mol. The van der Waals surface area contributed by atoms with E-state index in [4.69, 9.17) is 10.5 Å². The number of carbonyl (C=O) groups excluding carboxylic acids is 1. The second-order valence-corrected chi connectivity index (χ2v) is 6.80. The Morgan fingerprint density at radius 3 is 2.67 bits per heavy atom. The predicted molar refractivity (Wildman–Crippen MR) is 85.3 cm³/mol. The van der Waals surface area contributed by atoms with Crippen molar-refractivity contribution in [2.45, 2.75) is 59.6 Å². The van der Waals surface area contributed by atoms with E-state index in [0.29, 0.717) is 11.6 Å². The number of hydrogen-bond acceptors (Lipinski definition) is 4. The fourth-order valence-corrected chi connectivity index (χ4v) is 2.10. The SMILES string of the molecule is CC(C)Oc1ncccc1NC(=O)CC(N)CC(C)(C)C. The first kappa shape index (κ1) is 17.4. The summed E-state index contributed by atoms with van der Waals surface area (Å²) in [6.45, 7) is 10.2. The average Bonchev–Trinajstić information content (AvgIpc) is 2.28. The molecule has 0 bridgehead atoms. The van der Waals surface area contributed by atoms with Crippen molar-refractivity contribution < 1.29 is 9.53 Å². The molecule has 0 aliphatic rings. The standard InChI is InChI=1S/C16H27N3O2/c1-11(2)21-15-13(7-6-8-18-15)19-14(20)9-12(17)10-16(3,4)5/h6-8,11-12H,9-10,17H2,1-5H3,(H,19,20). The van der Waals surface area contributed by atoms with Crippen LogP contribution in [-0.4, -0.2) is 23.0 Å². The molecular formula is C16H27N3O2. The Morgan fingerprint density at radius 1 is 1.43 bits per heavy atom. The van der Waals surface area contributed by atoms with Crippen LogP contribution >= 0.6 is 0 Å². The van der Waals surface area contributed by atoms with Gasteiger partial charge < -0.3 is 15.8 Å². The highest BCUT2D eigenvalue weighted by Gasteiger charge is 2.19. The van der Waals surface area contributed by atoms with Gasteiger partial charge in [0.25, 0.3) is 0 Å². The van der Waals surface area contributed by atoms with Gasteiger partial charge >= 0.3 is 0 Å². The van der Waals surface area contributed by atoms with Crippen molar-refractivity contribution in [1.29, 1.82) is 0 Å². The molecule has 118 valence electrons. The quantitative estimate of drug-likeness (QED) is 0.845. The Kier molecular flexibility index (Phi) is 6.15. The summed E-state index contributed by atoms with van der Waals surface area (Å²) in [7, 11) is 0. The van der Waals surface area contributed by atoms with E-state index >= 15 is 0 Å². The van der Waals surface area contributed by atoms with Gasteiger partial charge in [-0.2, -0.15) is 0 Å². The molecule has 5 nitrogen and oxygen atoms in total. The molecule has 0 aliphatic heterocycles. The van der Waals surface area contributed by atoms with Crippen LogP contribution in [0, 0.1) is 5.41 Å². The number of nitrogens with one attached hydrogen (secondary N) is 1. The molecule has 1 rings (SSSR count). The van der Waals surface area contributed by atoms with Gasteiger partial charge in [0.2, 0.25) is 11.8 Å². The lowest BCUT2D eigenvalue weighted by molar-refractivity contribution is -0.116. The number of rotatable bonds is 6. The van der Waals surface area contributed by atoms with Gasteiger partial charge in [0.15, 0.2) is 0 Å². The topological polar surface area (TPSA) is 77.2 Å². The zero-order chi connectivity index (χ0) is 16.0. The predicted octanol–water partition coefficient (Wildman–Crippen LogP) is 2.96. The van der Waals surface area contributed by atoms with Crippen LogP contribution in [0.5, 0.6) is 5.88 Å². The van der Waals surface area contributed by atoms with Crippen LogP contribution in [0.1, 0.15) is 47.5 Å². The summed E-state index contributed by atoms with van der Waals surface area (Å²) in [4.78, 5) is 16.2. The van der Waals surface area contributed by atoms with Crippen LogP contribution in [0.3, 0.4) is 0 Å². The third kappa shape index (κ3) is 7.09. The Labute approximate surface area is 127 Å². The van der Waals surface area contributed by atoms with E-state index in [1.165, 1.54) is 0 Å². The number of pyridine rings is 1. The lowest BCUT2D eigenvalue weighted by Crippen LogP contribution is -2.31. The molecule has 0 saturated carbocycles. The maximum atomic E-state index is 12.1. The van der Waals surface area contributed by atoms with Crippen LogP contribution in [0.2, 0.25) is 0 Å². The molecule has 0 aliphatic carbocycles. The third-order valence-electron chi connectivity index (χ3n) is 2.71.